The van der Waals surface area contributed by atoms with Crippen molar-refractivity contribution in [1.82, 2.24) is 4.98 Å². The minimum Gasteiger partial charge on any atom is -0.438 e. The molecule has 21 heavy (non-hydrogen) atoms. The highest BCUT2D eigenvalue weighted by Gasteiger charge is 2.09. The maximum atomic E-state index is 13.5. The van der Waals surface area contributed by atoms with E-state index in [0.29, 0.717) is 18.2 Å². The van der Waals surface area contributed by atoms with Gasteiger partial charge >= 0.3 is 0 Å². The van der Waals surface area contributed by atoms with Gasteiger partial charge in [0.05, 0.1) is 5.02 Å². The van der Waals surface area contributed by atoms with Gasteiger partial charge in [0.2, 0.25) is 5.88 Å². The number of nitrogens with zero attached hydrogens (tertiary/aromatic N) is 1. The summed E-state index contributed by atoms with van der Waals surface area (Å²) in [6, 6.07) is 11.9. The Balaban J connectivity index is 2.06. The van der Waals surface area contributed by atoms with E-state index in [2.05, 4.69) is 4.98 Å². The smallest absolute Gasteiger partial charge is 0.227 e. The van der Waals surface area contributed by atoms with Crippen LogP contribution in [0.25, 0.3) is 10.8 Å². The van der Waals surface area contributed by atoms with Crippen molar-refractivity contribution in [2.75, 3.05) is 0 Å². The van der Waals surface area contributed by atoms with Gasteiger partial charge < -0.3 is 10.5 Å². The predicted molar refractivity (Wildman–Crippen MR) is 81.1 cm³/mol. The van der Waals surface area contributed by atoms with Crippen LogP contribution in [0, 0.1) is 5.82 Å². The molecule has 0 radical (unpaired) electrons. The topological polar surface area (TPSA) is 48.1 Å². The van der Waals surface area contributed by atoms with Crippen LogP contribution in [0.5, 0.6) is 11.6 Å². The lowest BCUT2D eigenvalue weighted by Crippen LogP contribution is -1.99. The first-order valence-corrected chi connectivity index (χ1v) is 6.76. The van der Waals surface area contributed by atoms with Crippen molar-refractivity contribution in [3.63, 3.8) is 0 Å². The number of rotatable bonds is 3. The van der Waals surface area contributed by atoms with Gasteiger partial charge in [0.25, 0.3) is 0 Å². The molecule has 0 aliphatic heterocycles. The normalized spacial score (nSPS) is 10.8. The molecule has 0 saturated heterocycles. The van der Waals surface area contributed by atoms with E-state index in [1.165, 1.54) is 12.1 Å². The maximum absolute atomic E-state index is 13.5. The van der Waals surface area contributed by atoms with Gasteiger partial charge in [-0.15, -0.1) is 0 Å². The van der Waals surface area contributed by atoms with Crippen molar-refractivity contribution in [3.05, 3.63) is 65.1 Å². The number of halogens is 2. The van der Waals surface area contributed by atoms with E-state index in [1.807, 2.05) is 24.3 Å². The molecule has 0 atom stereocenters. The summed E-state index contributed by atoms with van der Waals surface area (Å²) in [5.74, 6) is 0.219. The zero-order valence-electron chi connectivity index (χ0n) is 11.0. The minimum atomic E-state index is -0.531. The van der Waals surface area contributed by atoms with Crippen LogP contribution in [-0.2, 0) is 6.54 Å². The van der Waals surface area contributed by atoms with Crippen LogP contribution in [0.15, 0.2) is 48.7 Å². The third kappa shape index (κ3) is 2.68. The number of nitrogens with two attached hydrogens (primary N) is 1. The fourth-order valence-electron chi connectivity index (χ4n) is 2.12. The van der Waals surface area contributed by atoms with Crippen LogP contribution in [-0.4, -0.2) is 4.98 Å². The van der Waals surface area contributed by atoms with Gasteiger partial charge in [-0.2, -0.15) is 0 Å². The van der Waals surface area contributed by atoms with Gasteiger partial charge in [-0.3, -0.25) is 0 Å². The number of fused-ring (bicyclic) bond motifs is 1. The zero-order valence-corrected chi connectivity index (χ0v) is 11.8. The standard InChI is InChI=1S/C16H12ClFN2O/c17-14-6-5-11(7-15(14)18)21-16-13-4-2-1-3-12(13)10(8-19)9-20-16/h1-7,9H,8,19H2. The van der Waals surface area contributed by atoms with Crippen LogP contribution in [0.2, 0.25) is 5.02 Å². The number of hydrogen-bond acceptors (Lipinski definition) is 3. The summed E-state index contributed by atoms with van der Waals surface area (Å²) in [5.41, 5.74) is 6.64. The highest BCUT2D eigenvalue weighted by Crippen LogP contribution is 2.30. The molecule has 2 aromatic carbocycles. The average Bonchev–Trinajstić information content (AvgIpc) is 2.51. The quantitative estimate of drug-likeness (QED) is 0.785. The van der Waals surface area contributed by atoms with Crippen LogP contribution in [0.4, 0.5) is 4.39 Å². The van der Waals surface area contributed by atoms with Gasteiger partial charge in [-0.05, 0) is 29.1 Å². The van der Waals surface area contributed by atoms with E-state index in [9.17, 15) is 4.39 Å². The fourth-order valence-corrected chi connectivity index (χ4v) is 2.24. The molecule has 0 aliphatic carbocycles. The number of aromatic nitrogens is 1. The molecular weight excluding hydrogens is 291 g/mol. The minimum absolute atomic E-state index is 0.0543. The summed E-state index contributed by atoms with van der Waals surface area (Å²) in [7, 11) is 0. The third-order valence-electron chi connectivity index (χ3n) is 3.17. The molecule has 0 unspecified atom stereocenters. The molecule has 0 bridgehead atoms. The Morgan fingerprint density at radius 1 is 1.14 bits per heavy atom. The SMILES string of the molecule is NCc1cnc(Oc2ccc(Cl)c(F)c2)c2ccccc12. The number of ether oxygens (including phenoxy) is 1. The largest absolute Gasteiger partial charge is 0.438 e. The molecule has 106 valence electrons. The zero-order chi connectivity index (χ0) is 14.8. The molecule has 0 aliphatic rings. The summed E-state index contributed by atoms with van der Waals surface area (Å²) >= 11 is 5.66. The molecule has 3 aromatic rings. The Hall–Kier alpha value is -2.17. The van der Waals surface area contributed by atoms with Crippen molar-refractivity contribution in [2.24, 2.45) is 5.73 Å². The monoisotopic (exact) mass is 302 g/mol. The van der Waals surface area contributed by atoms with Gasteiger partial charge in [0.15, 0.2) is 0 Å². The van der Waals surface area contributed by atoms with Crippen molar-refractivity contribution < 1.29 is 9.13 Å². The summed E-state index contributed by atoms with van der Waals surface area (Å²) in [6.45, 7) is 0.392. The van der Waals surface area contributed by atoms with E-state index < -0.39 is 5.82 Å². The third-order valence-corrected chi connectivity index (χ3v) is 3.47. The summed E-state index contributed by atoms with van der Waals surface area (Å²) in [5, 5.41) is 1.86. The molecule has 0 fully saturated rings. The van der Waals surface area contributed by atoms with Gasteiger partial charge in [-0.1, -0.05) is 29.8 Å². The lowest BCUT2D eigenvalue weighted by molar-refractivity contribution is 0.464. The van der Waals surface area contributed by atoms with Crippen LogP contribution in [0.1, 0.15) is 5.56 Å². The Labute approximate surface area is 126 Å². The first kappa shape index (κ1) is 13.8. The molecule has 1 heterocycles. The van der Waals surface area contributed by atoms with E-state index >= 15 is 0 Å². The molecule has 3 rings (SSSR count). The summed E-state index contributed by atoms with van der Waals surface area (Å²) < 4.78 is 19.1. The number of benzene rings is 2. The molecule has 1 aromatic heterocycles. The van der Waals surface area contributed by atoms with E-state index in [-0.39, 0.29) is 5.02 Å². The maximum Gasteiger partial charge on any atom is 0.227 e. The highest BCUT2D eigenvalue weighted by atomic mass is 35.5. The Kier molecular flexibility index (Phi) is 3.73. The highest BCUT2D eigenvalue weighted by molar-refractivity contribution is 6.30. The Morgan fingerprint density at radius 2 is 1.90 bits per heavy atom. The van der Waals surface area contributed by atoms with Crippen LogP contribution < -0.4 is 10.5 Å². The molecular formula is C16H12ClFN2O. The van der Waals surface area contributed by atoms with Crippen LogP contribution in [0.3, 0.4) is 0 Å². The summed E-state index contributed by atoms with van der Waals surface area (Å²) in [6.07, 6.45) is 1.67. The van der Waals surface area contributed by atoms with Crippen molar-refractivity contribution in [3.8, 4) is 11.6 Å². The number of hydrogen-bond donors (Lipinski definition) is 1. The van der Waals surface area contributed by atoms with E-state index in [4.69, 9.17) is 22.1 Å². The molecule has 0 saturated carbocycles. The van der Waals surface area contributed by atoms with Crippen molar-refractivity contribution in [1.29, 1.82) is 0 Å². The lowest BCUT2D eigenvalue weighted by atomic mass is 10.1. The molecule has 0 spiro atoms. The Morgan fingerprint density at radius 3 is 2.62 bits per heavy atom. The average molecular weight is 303 g/mol. The second-order valence-corrected chi connectivity index (χ2v) is 4.92. The first-order chi connectivity index (χ1) is 10.2. The molecule has 2 N–H and O–H groups in total. The first-order valence-electron chi connectivity index (χ1n) is 6.38. The molecule has 3 nitrogen and oxygen atoms in total. The van der Waals surface area contributed by atoms with E-state index in [1.54, 1.807) is 12.3 Å². The summed E-state index contributed by atoms with van der Waals surface area (Å²) in [4.78, 5) is 4.27. The lowest BCUT2D eigenvalue weighted by Gasteiger charge is -2.10. The van der Waals surface area contributed by atoms with Gasteiger partial charge in [0, 0.05) is 24.2 Å². The molecule has 0 amide bonds. The van der Waals surface area contributed by atoms with E-state index in [0.717, 1.165) is 16.3 Å². The molecule has 5 heteroatoms. The van der Waals surface area contributed by atoms with Gasteiger partial charge in [-0.25, -0.2) is 9.37 Å². The van der Waals surface area contributed by atoms with Gasteiger partial charge in [0.1, 0.15) is 11.6 Å². The second kappa shape index (κ2) is 5.68. The predicted octanol–water partition coefficient (Wildman–Crippen LogP) is 4.28. The van der Waals surface area contributed by atoms with Crippen LogP contribution >= 0.6 is 11.6 Å². The Bertz CT molecular complexity index is 807. The van der Waals surface area contributed by atoms with Crippen molar-refractivity contribution in [2.45, 2.75) is 6.54 Å². The second-order valence-electron chi connectivity index (χ2n) is 4.52. The number of pyridine rings is 1. The van der Waals surface area contributed by atoms with Crippen molar-refractivity contribution >= 4 is 22.4 Å². The fraction of sp³-hybridized carbons (Fsp3) is 0.0625.